The van der Waals surface area contributed by atoms with Gasteiger partial charge in [0.25, 0.3) is 0 Å². The highest BCUT2D eigenvalue weighted by Crippen LogP contribution is 2.19. The molecule has 3 nitrogen and oxygen atoms in total. The summed E-state index contributed by atoms with van der Waals surface area (Å²) in [6.07, 6.45) is 1.87. The molecule has 0 aliphatic carbocycles. The number of methoxy groups -OCH3 is 1. The van der Waals surface area contributed by atoms with Gasteiger partial charge in [0.15, 0.2) is 0 Å². The van der Waals surface area contributed by atoms with Gasteiger partial charge in [-0.3, -0.25) is 0 Å². The average Bonchev–Trinajstić information content (AvgIpc) is 2.86. The van der Waals surface area contributed by atoms with Crippen LogP contribution in [0.15, 0.2) is 36.4 Å². The highest BCUT2D eigenvalue weighted by atomic mass is 32.1. The fourth-order valence-corrected chi connectivity index (χ4v) is 2.60. The van der Waals surface area contributed by atoms with E-state index in [1.165, 1.54) is 28.9 Å². The van der Waals surface area contributed by atoms with E-state index in [0.29, 0.717) is 4.88 Å². The molecule has 0 bridgehead atoms. The summed E-state index contributed by atoms with van der Waals surface area (Å²) < 4.78 is 4.68. The maximum atomic E-state index is 11.3. The Bertz CT molecular complexity index is 531. The summed E-state index contributed by atoms with van der Waals surface area (Å²) in [7, 11) is 1.40. The summed E-state index contributed by atoms with van der Waals surface area (Å²) in [5, 5.41) is 0. The molecule has 18 heavy (non-hydrogen) atoms. The van der Waals surface area contributed by atoms with E-state index in [9.17, 15) is 4.79 Å². The standard InChI is InChI=1S/C14H15NO2S/c1-17-14(16)13-9-8-12(18-13)7-4-10-2-5-11(15)6-3-10/h2-3,5-6,8-9H,4,7,15H2,1H3. The summed E-state index contributed by atoms with van der Waals surface area (Å²) in [5.41, 5.74) is 7.66. The van der Waals surface area contributed by atoms with Crippen LogP contribution in [-0.2, 0) is 17.6 Å². The van der Waals surface area contributed by atoms with E-state index in [0.717, 1.165) is 18.5 Å². The van der Waals surface area contributed by atoms with Crippen LogP contribution in [0.2, 0.25) is 0 Å². The van der Waals surface area contributed by atoms with Gasteiger partial charge in [-0.1, -0.05) is 12.1 Å². The lowest BCUT2D eigenvalue weighted by Crippen LogP contribution is -1.96. The summed E-state index contributed by atoms with van der Waals surface area (Å²) in [6, 6.07) is 11.7. The smallest absolute Gasteiger partial charge is 0.348 e. The quantitative estimate of drug-likeness (QED) is 0.680. The van der Waals surface area contributed by atoms with Crippen molar-refractivity contribution in [3.8, 4) is 0 Å². The van der Waals surface area contributed by atoms with Gasteiger partial charge in [-0.2, -0.15) is 0 Å². The second-order valence-corrected chi connectivity index (χ2v) is 5.17. The molecular formula is C14H15NO2S. The highest BCUT2D eigenvalue weighted by Gasteiger charge is 2.08. The molecule has 0 saturated carbocycles. The Morgan fingerprint density at radius 2 is 1.89 bits per heavy atom. The molecule has 2 aromatic rings. The lowest BCUT2D eigenvalue weighted by molar-refractivity contribution is 0.0606. The number of aryl methyl sites for hydroxylation is 2. The van der Waals surface area contributed by atoms with Gasteiger partial charge < -0.3 is 10.5 Å². The minimum Gasteiger partial charge on any atom is -0.465 e. The van der Waals surface area contributed by atoms with Crippen molar-refractivity contribution in [1.29, 1.82) is 0 Å². The fourth-order valence-electron chi connectivity index (χ4n) is 1.67. The molecule has 0 fully saturated rings. The number of hydrogen-bond acceptors (Lipinski definition) is 4. The number of ether oxygens (including phenoxy) is 1. The molecule has 0 radical (unpaired) electrons. The van der Waals surface area contributed by atoms with Crippen LogP contribution in [-0.4, -0.2) is 13.1 Å². The molecule has 0 saturated heterocycles. The van der Waals surface area contributed by atoms with Gasteiger partial charge in [0.2, 0.25) is 0 Å². The third-order valence-electron chi connectivity index (χ3n) is 2.69. The maximum Gasteiger partial charge on any atom is 0.348 e. The van der Waals surface area contributed by atoms with E-state index in [1.54, 1.807) is 0 Å². The van der Waals surface area contributed by atoms with E-state index in [2.05, 4.69) is 4.74 Å². The number of esters is 1. The van der Waals surface area contributed by atoms with E-state index in [-0.39, 0.29) is 5.97 Å². The monoisotopic (exact) mass is 261 g/mol. The molecule has 0 aliphatic rings. The van der Waals surface area contributed by atoms with E-state index in [4.69, 9.17) is 5.73 Å². The first kappa shape index (κ1) is 12.6. The Morgan fingerprint density at radius 1 is 1.17 bits per heavy atom. The lowest BCUT2D eigenvalue weighted by Gasteiger charge is -2.00. The second-order valence-electron chi connectivity index (χ2n) is 4.00. The van der Waals surface area contributed by atoms with Gasteiger partial charge >= 0.3 is 5.97 Å². The Labute approximate surface area is 110 Å². The number of benzene rings is 1. The molecule has 1 heterocycles. The minimum atomic E-state index is -0.265. The van der Waals surface area contributed by atoms with Crippen LogP contribution in [0.3, 0.4) is 0 Å². The number of nitrogens with two attached hydrogens (primary N) is 1. The number of thiophene rings is 1. The number of carbonyl (C=O) groups is 1. The zero-order chi connectivity index (χ0) is 13.0. The van der Waals surface area contributed by atoms with Crippen LogP contribution < -0.4 is 5.73 Å². The van der Waals surface area contributed by atoms with E-state index in [1.807, 2.05) is 36.4 Å². The van der Waals surface area contributed by atoms with Crippen molar-refractivity contribution in [2.24, 2.45) is 0 Å². The van der Waals surface area contributed by atoms with Gasteiger partial charge in [0.05, 0.1) is 7.11 Å². The summed E-state index contributed by atoms with van der Waals surface area (Å²) in [5.74, 6) is -0.265. The molecule has 0 aliphatic heterocycles. The first-order valence-corrected chi connectivity index (χ1v) is 6.52. The van der Waals surface area contributed by atoms with Crippen LogP contribution in [0, 0.1) is 0 Å². The predicted molar refractivity (Wildman–Crippen MR) is 73.9 cm³/mol. The van der Waals surface area contributed by atoms with Crippen molar-refractivity contribution < 1.29 is 9.53 Å². The Balaban J connectivity index is 1.96. The van der Waals surface area contributed by atoms with Crippen molar-refractivity contribution >= 4 is 23.0 Å². The van der Waals surface area contributed by atoms with Crippen LogP contribution in [0.1, 0.15) is 20.1 Å². The third-order valence-corrected chi connectivity index (χ3v) is 3.81. The molecule has 0 unspecified atom stereocenters. The van der Waals surface area contributed by atoms with Crippen molar-refractivity contribution in [3.05, 3.63) is 51.7 Å². The van der Waals surface area contributed by atoms with Gasteiger partial charge in [-0.05, 0) is 42.7 Å². The average molecular weight is 261 g/mol. The summed E-state index contributed by atoms with van der Waals surface area (Å²) in [4.78, 5) is 13.2. The summed E-state index contributed by atoms with van der Waals surface area (Å²) in [6.45, 7) is 0. The second kappa shape index (κ2) is 5.69. The van der Waals surface area contributed by atoms with Crippen molar-refractivity contribution in [3.63, 3.8) is 0 Å². The maximum absolute atomic E-state index is 11.3. The minimum absolute atomic E-state index is 0.265. The largest absolute Gasteiger partial charge is 0.465 e. The van der Waals surface area contributed by atoms with Gasteiger partial charge in [0, 0.05) is 10.6 Å². The summed E-state index contributed by atoms with van der Waals surface area (Å²) >= 11 is 1.49. The Hall–Kier alpha value is -1.81. The molecule has 1 aromatic carbocycles. The number of carbonyl (C=O) groups excluding carboxylic acids is 1. The SMILES string of the molecule is COC(=O)c1ccc(CCc2ccc(N)cc2)s1. The molecule has 0 atom stereocenters. The normalized spacial score (nSPS) is 10.3. The zero-order valence-corrected chi connectivity index (χ0v) is 11.0. The predicted octanol–water partition coefficient (Wildman–Crippen LogP) is 2.90. The first-order chi connectivity index (χ1) is 8.69. The fraction of sp³-hybridized carbons (Fsp3) is 0.214. The number of anilines is 1. The van der Waals surface area contributed by atoms with Crippen LogP contribution in [0.4, 0.5) is 5.69 Å². The first-order valence-electron chi connectivity index (χ1n) is 5.70. The topological polar surface area (TPSA) is 52.3 Å². The molecule has 1 aromatic heterocycles. The zero-order valence-electron chi connectivity index (χ0n) is 10.2. The van der Waals surface area contributed by atoms with Crippen LogP contribution >= 0.6 is 11.3 Å². The highest BCUT2D eigenvalue weighted by molar-refractivity contribution is 7.13. The molecule has 94 valence electrons. The molecule has 2 rings (SSSR count). The van der Waals surface area contributed by atoms with Gasteiger partial charge in [-0.15, -0.1) is 11.3 Å². The molecule has 0 amide bonds. The van der Waals surface area contributed by atoms with Gasteiger partial charge in [0.1, 0.15) is 4.88 Å². The Morgan fingerprint density at radius 3 is 2.56 bits per heavy atom. The van der Waals surface area contributed by atoms with E-state index < -0.39 is 0 Å². The molecule has 4 heteroatoms. The number of rotatable bonds is 4. The number of hydrogen-bond donors (Lipinski definition) is 1. The van der Waals surface area contributed by atoms with Crippen LogP contribution in [0.5, 0.6) is 0 Å². The molecule has 0 spiro atoms. The third kappa shape index (κ3) is 3.11. The van der Waals surface area contributed by atoms with Crippen molar-refractivity contribution in [2.75, 3.05) is 12.8 Å². The van der Waals surface area contributed by atoms with E-state index >= 15 is 0 Å². The van der Waals surface area contributed by atoms with Crippen LogP contribution in [0.25, 0.3) is 0 Å². The van der Waals surface area contributed by atoms with Crippen molar-refractivity contribution in [2.45, 2.75) is 12.8 Å². The van der Waals surface area contributed by atoms with Gasteiger partial charge in [-0.25, -0.2) is 4.79 Å². The number of nitrogen functional groups attached to an aromatic ring is 1. The lowest BCUT2D eigenvalue weighted by atomic mass is 10.1. The Kier molecular flexibility index (Phi) is 3.99. The molecular weight excluding hydrogens is 246 g/mol. The molecule has 2 N–H and O–H groups in total. The van der Waals surface area contributed by atoms with Crippen molar-refractivity contribution in [1.82, 2.24) is 0 Å².